The van der Waals surface area contributed by atoms with Crippen molar-refractivity contribution in [2.45, 2.75) is 103 Å². The summed E-state index contributed by atoms with van der Waals surface area (Å²) in [5.74, 6) is -3.40. The molecule has 0 radical (unpaired) electrons. The predicted octanol–water partition coefficient (Wildman–Crippen LogP) is 4.61. The molecule has 0 aliphatic carbocycles. The number of hydrogen-bond donors (Lipinski definition) is 0. The van der Waals surface area contributed by atoms with Crippen LogP contribution in [0.2, 0.25) is 0 Å². The van der Waals surface area contributed by atoms with Gasteiger partial charge in [0.2, 0.25) is 6.10 Å². The minimum atomic E-state index is -1.41. The Kier molecular flexibility index (Phi) is 16.8. The summed E-state index contributed by atoms with van der Waals surface area (Å²) in [4.78, 5) is 51.6. The standard InChI is InChI=1S/C30H46O10/c1-8-13-22(37-26-15-11-12-17-35-26)28(32)40-25(19-21(6)7)30(34)38-23(14-9-2)29(33)39-24(18-20(4)5)27(31)36-16-10-3/h8-10,20-26H,1-3,11-19H2,4-7H3/t22-,23-,24-,25-,26?/m0/s1. The molecule has 0 aromatic rings. The Morgan fingerprint density at radius 2 is 1.23 bits per heavy atom. The molecule has 0 bridgehead atoms. The van der Waals surface area contributed by atoms with Gasteiger partial charge in [-0.3, -0.25) is 0 Å². The fourth-order valence-corrected chi connectivity index (χ4v) is 3.83. The Bertz CT molecular complexity index is 843. The molecule has 5 atom stereocenters. The topological polar surface area (TPSA) is 124 Å². The minimum Gasteiger partial charge on any atom is -0.459 e. The first-order valence-corrected chi connectivity index (χ1v) is 13.9. The highest BCUT2D eigenvalue weighted by Gasteiger charge is 2.36. The Balaban J connectivity index is 2.99. The largest absolute Gasteiger partial charge is 0.459 e. The van der Waals surface area contributed by atoms with Crippen LogP contribution in [0.15, 0.2) is 38.0 Å². The summed E-state index contributed by atoms with van der Waals surface area (Å²) < 4.78 is 32.8. The summed E-state index contributed by atoms with van der Waals surface area (Å²) in [6.45, 7) is 18.7. The monoisotopic (exact) mass is 566 g/mol. The average Bonchev–Trinajstić information content (AvgIpc) is 2.90. The second-order valence-electron chi connectivity index (χ2n) is 10.4. The minimum absolute atomic E-state index is 0.00839. The second-order valence-corrected chi connectivity index (χ2v) is 10.4. The highest BCUT2D eigenvalue weighted by atomic mass is 16.7. The van der Waals surface area contributed by atoms with E-state index in [-0.39, 0.29) is 44.1 Å². The first kappa shape index (κ1) is 35.0. The fraction of sp³-hybridized carbons (Fsp3) is 0.667. The van der Waals surface area contributed by atoms with E-state index in [1.807, 2.05) is 27.7 Å². The molecule has 0 amide bonds. The third-order valence-corrected chi connectivity index (χ3v) is 5.76. The van der Waals surface area contributed by atoms with E-state index in [9.17, 15) is 19.2 Å². The van der Waals surface area contributed by atoms with E-state index in [1.54, 1.807) is 0 Å². The van der Waals surface area contributed by atoms with Gasteiger partial charge in [-0.15, -0.1) is 13.2 Å². The van der Waals surface area contributed by atoms with Gasteiger partial charge in [0.1, 0.15) is 6.61 Å². The maximum Gasteiger partial charge on any atom is 0.348 e. The molecule has 0 N–H and O–H groups in total. The number of hydrogen-bond acceptors (Lipinski definition) is 10. The Hall–Kier alpha value is -2.98. The third-order valence-electron chi connectivity index (χ3n) is 5.76. The van der Waals surface area contributed by atoms with Crippen LogP contribution < -0.4 is 0 Å². The van der Waals surface area contributed by atoms with Gasteiger partial charge in [-0.05, 0) is 43.9 Å². The van der Waals surface area contributed by atoms with E-state index in [2.05, 4.69) is 19.7 Å². The summed E-state index contributed by atoms with van der Waals surface area (Å²) in [7, 11) is 0. The van der Waals surface area contributed by atoms with Crippen molar-refractivity contribution in [3.63, 3.8) is 0 Å². The number of esters is 4. The van der Waals surface area contributed by atoms with Gasteiger partial charge >= 0.3 is 23.9 Å². The number of carbonyl (C=O) groups is 4. The molecule has 1 aliphatic rings. The molecule has 226 valence electrons. The van der Waals surface area contributed by atoms with Crippen LogP contribution in [0.25, 0.3) is 0 Å². The van der Waals surface area contributed by atoms with E-state index in [1.165, 1.54) is 18.2 Å². The summed E-state index contributed by atoms with van der Waals surface area (Å²) in [6, 6.07) is 0. The lowest BCUT2D eigenvalue weighted by atomic mass is 10.1. The molecule has 10 nitrogen and oxygen atoms in total. The van der Waals surface area contributed by atoms with Gasteiger partial charge < -0.3 is 28.4 Å². The molecule has 0 aromatic carbocycles. The molecule has 1 aliphatic heterocycles. The van der Waals surface area contributed by atoms with Crippen LogP contribution in [-0.2, 0) is 47.6 Å². The lowest BCUT2D eigenvalue weighted by Crippen LogP contribution is -2.41. The van der Waals surface area contributed by atoms with Crippen LogP contribution in [-0.4, -0.2) is 67.8 Å². The van der Waals surface area contributed by atoms with Crippen LogP contribution in [0.3, 0.4) is 0 Å². The van der Waals surface area contributed by atoms with Crippen molar-refractivity contribution >= 4 is 23.9 Å². The molecule has 1 fully saturated rings. The van der Waals surface area contributed by atoms with Gasteiger partial charge in [-0.1, -0.05) is 52.5 Å². The van der Waals surface area contributed by atoms with Crippen LogP contribution in [0.4, 0.5) is 0 Å². The predicted molar refractivity (Wildman–Crippen MR) is 148 cm³/mol. The first-order chi connectivity index (χ1) is 19.0. The molecule has 0 spiro atoms. The molecular weight excluding hydrogens is 520 g/mol. The lowest BCUT2D eigenvalue weighted by molar-refractivity contribution is -0.209. The van der Waals surface area contributed by atoms with Crippen molar-refractivity contribution in [3.8, 4) is 0 Å². The number of rotatable bonds is 19. The summed E-state index contributed by atoms with van der Waals surface area (Å²) in [5.41, 5.74) is 0. The van der Waals surface area contributed by atoms with E-state index in [0.717, 1.165) is 12.8 Å². The highest BCUT2D eigenvalue weighted by Crippen LogP contribution is 2.20. The molecule has 40 heavy (non-hydrogen) atoms. The van der Waals surface area contributed by atoms with Crippen molar-refractivity contribution in [2.24, 2.45) is 11.8 Å². The fourth-order valence-electron chi connectivity index (χ4n) is 3.83. The molecular formula is C30H46O10. The van der Waals surface area contributed by atoms with Crippen molar-refractivity contribution in [2.75, 3.05) is 13.2 Å². The van der Waals surface area contributed by atoms with Crippen molar-refractivity contribution in [1.29, 1.82) is 0 Å². The highest BCUT2D eigenvalue weighted by molar-refractivity contribution is 5.85. The van der Waals surface area contributed by atoms with Gasteiger partial charge in [0.25, 0.3) is 0 Å². The van der Waals surface area contributed by atoms with E-state index < -0.39 is 54.6 Å². The lowest BCUT2D eigenvalue weighted by Gasteiger charge is -2.28. The van der Waals surface area contributed by atoms with E-state index in [4.69, 9.17) is 28.4 Å². The summed E-state index contributed by atoms with van der Waals surface area (Å²) >= 11 is 0. The SMILES string of the molecule is C=CCOC(=O)[C@H](CC(C)C)OC(=O)[C@H](CC=C)OC(=O)[C@H](CC(C)C)OC(=O)[C@H](CC=C)OC1CCCCO1. The first-order valence-electron chi connectivity index (χ1n) is 13.9. The van der Waals surface area contributed by atoms with Gasteiger partial charge in [0.15, 0.2) is 24.6 Å². The molecule has 0 saturated carbocycles. The smallest absolute Gasteiger partial charge is 0.348 e. The van der Waals surface area contributed by atoms with Gasteiger partial charge in [0, 0.05) is 19.4 Å². The summed E-state index contributed by atoms with van der Waals surface area (Å²) in [5, 5.41) is 0. The summed E-state index contributed by atoms with van der Waals surface area (Å²) in [6.07, 6.45) is 1.73. The number of carbonyl (C=O) groups excluding carboxylic acids is 4. The van der Waals surface area contributed by atoms with Gasteiger partial charge in [-0.25, -0.2) is 19.2 Å². The normalized spacial score (nSPS) is 18.1. The van der Waals surface area contributed by atoms with Crippen molar-refractivity contribution in [3.05, 3.63) is 38.0 Å². The van der Waals surface area contributed by atoms with Gasteiger partial charge in [-0.2, -0.15) is 0 Å². The van der Waals surface area contributed by atoms with E-state index in [0.29, 0.717) is 13.0 Å². The maximum absolute atomic E-state index is 13.2. The average molecular weight is 567 g/mol. The quantitative estimate of drug-likeness (QED) is 0.124. The molecule has 1 unspecified atom stereocenters. The van der Waals surface area contributed by atoms with Crippen LogP contribution in [0.5, 0.6) is 0 Å². The molecule has 1 heterocycles. The zero-order valence-electron chi connectivity index (χ0n) is 24.3. The molecule has 0 aromatic heterocycles. The van der Waals surface area contributed by atoms with E-state index >= 15 is 0 Å². The van der Waals surface area contributed by atoms with Crippen LogP contribution in [0.1, 0.15) is 72.6 Å². The van der Waals surface area contributed by atoms with Gasteiger partial charge in [0.05, 0.1) is 0 Å². The molecule has 1 saturated heterocycles. The maximum atomic E-state index is 13.2. The Labute approximate surface area is 238 Å². The second kappa shape index (κ2) is 19.2. The van der Waals surface area contributed by atoms with Crippen molar-refractivity contribution in [1.82, 2.24) is 0 Å². The molecule has 10 heteroatoms. The van der Waals surface area contributed by atoms with Crippen LogP contribution >= 0.6 is 0 Å². The van der Waals surface area contributed by atoms with Crippen LogP contribution in [0, 0.1) is 11.8 Å². The number of ether oxygens (including phenoxy) is 6. The Morgan fingerprint density at radius 1 is 0.725 bits per heavy atom. The Morgan fingerprint density at radius 3 is 1.73 bits per heavy atom. The third kappa shape index (κ3) is 13.4. The van der Waals surface area contributed by atoms with Crippen molar-refractivity contribution < 1.29 is 47.6 Å². The zero-order valence-corrected chi connectivity index (χ0v) is 24.3. The zero-order chi connectivity index (χ0) is 30.1. The molecule has 1 rings (SSSR count).